The van der Waals surface area contributed by atoms with E-state index < -0.39 is 25.0 Å². The molecule has 0 saturated heterocycles. The second-order valence-corrected chi connectivity index (χ2v) is 3.63. The van der Waals surface area contributed by atoms with E-state index in [2.05, 4.69) is 4.74 Å². The topological polar surface area (TPSA) is 35.2 Å². The summed E-state index contributed by atoms with van der Waals surface area (Å²) in [5, 5.41) is 0. The third kappa shape index (κ3) is 5.32. The van der Waals surface area contributed by atoms with E-state index in [0.717, 1.165) is 6.42 Å². The lowest BCUT2D eigenvalue weighted by molar-refractivity contribution is -0.167. The van der Waals surface area contributed by atoms with Gasteiger partial charge in [-0.25, -0.2) is 8.78 Å². The van der Waals surface area contributed by atoms with Crippen molar-refractivity contribution in [3.05, 3.63) is 0 Å². The smallest absolute Gasteiger partial charge is 0.330 e. The lowest BCUT2D eigenvalue weighted by Crippen LogP contribution is -2.37. The van der Waals surface area contributed by atoms with Crippen LogP contribution in [0.25, 0.3) is 0 Å². The van der Waals surface area contributed by atoms with Gasteiger partial charge in [-0.3, -0.25) is 0 Å². The van der Waals surface area contributed by atoms with Crippen LogP contribution in [0.15, 0.2) is 0 Å². The summed E-state index contributed by atoms with van der Waals surface area (Å²) < 4.78 is 52.6. The Morgan fingerprint density at radius 3 is 2.27 bits per heavy atom. The molecule has 0 aliphatic carbocycles. The van der Waals surface area contributed by atoms with Gasteiger partial charge in [0, 0.05) is 6.04 Å². The standard InChI is InChI=1S/C9H17F4NO/c1-3-6(2)7(14)4-15-5-9(12,13)8(10)11/h6-8H,3-5,14H2,1-2H3. The molecule has 0 rings (SSSR count). The fraction of sp³-hybridized carbons (Fsp3) is 1.00. The Kier molecular flexibility index (Phi) is 6.12. The normalized spacial score (nSPS) is 16.8. The van der Waals surface area contributed by atoms with E-state index in [1.165, 1.54) is 0 Å². The van der Waals surface area contributed by atoms with Crippen molar-refractivity contribution in [1.82, 2.24) is 0 Å². The van der Waals surface area contributed by atoms with E-state index in [0.29, 0.717) is 0 Å². The van der Waals surface area contributed by atoms with Crippen LogP contribution in [0.5, 0.6) is 0 Å². The van der Waals surface area contributed by atoms with Gasteiger partial charge < -0.3 is 10.5 Å². The zero-order valence-corrected chi connectivity index (χ0v) is 8.85. The molecule has 0 fully saturated rings. The summed E-state index contributed by atoms with van der Waals surface area (Å²) in [5.41, 5.74) is 5.58. The maximum Gasteiger partial charge on any atom is 0.330 e. The van der Waals surface area contributed by atoms with Gasteiger partial charge >= 0.3 is 12.3 Å². The lowest BCUT2D eigenvalue weighted by atomic mass is 10.0. The summed E-state index contributed by atoms with van der Waals surface area (Å²) >= 11 is 0. The van der Waals surface area contributed by atoms with Gasteiger partial charge in [0.05, 0.1) is 6.61 Å². The first-order valence-corrected chi connectivity index (χ1v) is 4.80. The molecule has 0 aromatic heterocycles. The largest absolute Gasteiger partial charge is 0.373 e. The minimum Gasteiger partial charge on any atom is -0.373 e. The molecule has 0 aromatic carbocycles. The summed E-state index contributed by atoms with van der Waals surface area (Å²) in [7, 11) is 0. The number of alkyl halides is 4. The highest BCUT2D eigenvalue weighted by Crippen LogP contribution is 2.23. The minimum absolute atomic E-state index is 0.116. The van der Waals surface area contributed by atoms with Crippen LogP contribution >= 0.6 is 0 Å². The monoisotopic (exact) mass is 231 g/mol. The molecule has 92 valence electrons. The predicted molar refractivity (Wildman–Crippen MR) is 49.2 cm³/mol. The van der Waals surface area contributed by atoms with Crippen LogP contribution in [0.3, 0.4) is 0 Å². The van der Waals surface area contributed by atoms with Crippen LogP contribution in [0.2, 0.25) is 0 Å². The Morgan fingerprint density at radius 1 is 1.33 bits per heavy atom. The van der Waals surface area contributed by atoms with E-state index in [-0.39, 0.29) is 12.5 Å². The van der Waals surface area contributed by atoms with Crippen molar-refractivity contribution in [3.8, 4) is 0 Å². The molecule has 0 amide bonds. The molecule has 0 aliphatic rings. The molecule has 15 heavy (non-hydrogen) atoms. The summed E-state index contributed by atoms with van der Waals surface area (Å²) in [6, 6.07) is -0.400. The molecule has 2 unspecified atom stereocenters. The Labute approximate surface area is 86.8 Å². The van der Waals surface area contributed by atoms with Crippen molar-refractivity contribution in [2.45, 2.75) is 38.7 Å². The van der Waals surface area contributed by atoms with Crippen LogP contribution < -0.4 is 5.73 Å². The Morgan fingerprint density at radius 2 is 1.87 bits per heavy atom. The van der Waals surface area contributed by atoms with Gasteiger partial charge in [-0.1, -0.05) is 20.3 Å². The van der Waals surface area contributed by atoms with Gasteiger partial charge in [-0.05, 0) is 5.92 Å². The molecule has 6 heteroatoms. The predicted octanol–water partition coefficient (Wildman–Crippen LogP) is 2.28. The Bertz CT molecular complexity index is 177. The third-order valence-corrected chi connectivity index (χ3v) is 2.30. The lowest BCUT2D eigenvalue weighted by Gasteiger charge is -2.20. The van der Waals surface area contributed by atoms with Crippen LogP contribution in [-0.2, 0) is 4.74 Å². The number of nitrogens with two attached hydrogens (primary N) is 1. The molecular weight excluding hydrogens is 214 g/mol. The number of hydrogen-bond donors (Lipinski definition) is 1. The summed E-state index contributed by atoms with van der Waals surface area (Å²) in [6.07, 6.45) is -2.91. The Balaban J connectivity index is 3.79. The molecular formula is C9H17F4NO. The zero-order chi connectivity index (χ0) is 12.1. The van der Waals surface area contributed by atoms with Crippen LogP contribution in [0.1, 0.15) is 20.3 Å². The van der Waals surface area contributed by atoms with Crippen molar-refractivity contribution in [2.24, 2.45) is 11.7 Å². The highest BCUT2D eigenvalue weighted by atomic mass is 19.3. The number of ether oxygens (including phenoxy) is 1. The number of halogens is 4. The van der Waals surface area contributed by atoms with Crippen molar-refractivity contribution in [3.63, 3.8) is 0 Å². The summed E-state index contributed by atoms with van der Waals surface area (Å²) in [4.78, 5) is 0. The van der Waals surface area contributed by atoms with Crippen LogP contribution in [0.4, 0.5) is 17.6 Å². The van der Waals surface area contributed by atoms with E-state index in [1.807, 2.05) is 13.8 Å². The van der Waals surface area contributed by atoms with Gasteiger partial charge in [-0.15, -0.1) is 0 Å². The molecule has 2 nitrogen and oxygen atoms in total. The van der Waals surface area contributed by atoms with Crippen molar-refractivity contribution in [1.29, 1.82) is 0 Å². The maximum absolute atomic E-state index is 12.4. The van der Waals surface area contributed by atoms with Gasteiger partial charge in [0.2, 0.25) is 0 Å². The highest BCUT2D eigenvalue weighted by Gasteiger charge is 2.41. The first-order chi connectivity index (χ1) is 6.81. The van der Waals surface area contributed by atoms with E-state index in [1.54, 1.807) is 0 Å². The average molecular weight is 231 g/mol. The molecule has 0 spiro atoms. The van der Waals surface area contributed by atoms with E-state index in [4.69, 9.17) is 5.73 Å². The molecule has 0 heterocycles. The summed E-state index contributed by atoms with van der Waals surface area (Å²) in [5.74, 6) is -3.97. The SMILES string of the molecule is CCC(C)C(N)COCC(F)(F)C(F)F. The first kappa shape index (κ1) is 14.6. The van der Waals surface area contributed by atoms with Crippen molar-refractivity contribution >= 4 is 0 Å². The molecule has 0 aromatic rings. The number of hydrogen-bond acceptors (Lipinski definition) is 2. The second kappa shape index (κ2) is 6.27. The van der Waals surface area contributed by atoms with Gasteiger partial charge in [0.15, 0.2) is 0 Å². The van der Waals surface area contributed by atoms with Gasteiger partial charge in [0.1, 0.15) is 6.61 Å². The average Bonchev–Trinajstić information content (AvgIpc) is 2.15. The second-order valence-electron chi connectivity index (χ2n) is 3.63. The molecule has 0 bridgehead atoms. The summed E-state index contributed by atoms with van der Waals surface area (Å²) in [6.45, 7) is 2.34. The molecule has 2 N–H and O–H groups in total. The van der Waals surface area contributed by atoms with Crippen LogP contribution in [-0.4, -0.2) is 31.6 Å². The van der Waals surface area contributed by atoms with Crippen molar-refractivity contribution < 1.29 is 22.3 Å². The third-order valence-electron chi connectivity index (χ3n) is 2.30. The molecule has 0 radical (unpaired) electrons. The van der Waals surface area contributed by atoms with E-state index in [9.17, 15) is 17.6 Å². The minimum atomic E-state index is -4.09. The first-order valence-electron chi connectivity index (χ1n) is 4.80. The fourth-order valence-corrected chi connectivity index (χ4v) is 0.861. The molecule has 0 aliphatic heterocycles. The van der Waals surface area contributed by atoms with Gasteiger partial charge in [-0.2, -0.15) is 8.78 Å². The highest BCUT2D eigenvalue weighted by molar-refractivity contribution is 4.71. The quantitative estimate of drug-likeness (QED) is 0.682. The van der Waals surface area contributed by atoms with Gasteiger partial charge in [0.25, 0.3) is 0 Å². The fourth-order valence-electron chi connectivity index (χ4n) is 0.861. The van der Waals surface area contributed by atoms with Crippen molar-refractivity contribution in [2.75, 3.05) is 13.2 Å². The maximum atomic E-state index is 12.4. The zero-order valence-electron chi connectivity index (χ0n) is 8.85. The number of rotatable bonds is 7. The molecule has 2 atom stereocenters. The van der Waals surface area contributed by atoms with Crippen LogP contribution in [0, 0.1) is 5.92 Å². The molecule has 0 saturated carbocycles. The Hall–Kier alpha value is -0.360. The van der Waals surface area contributed by atoms with E-state index >= 15 is 0 Å².